The van der Waals surface area contributed by atoms with Crippen LogP contribution in [0.1, 0.15) is 25.6 Å². The van der Waals surface area contributed by atoms with Crippen molar-refractivity contribution in [2.45, 2.75) is 25.2 Å². The molecule has 1 aliphatic heterocycles. The quantitative estimate of drug-likeness (QED) is 0.162. The SMILES string of the molecule is C=CCSc1n[n+]2c(c(=O)[nH]1)-c1ccccc1N(C(C)=O)[C@H]2c1cc(Br)c(OC(C)=O)c(OC)c1. The molecular weight excluding hydrogens is 536 g/mol. The zero-order chi connectivity index (χ0) is 25.3. The summed E-state index contributed by atoms with van der Waals surface area (Å²) in [5, 5.41) is 5.08. The number of H-pyrrole nitrogens is 1. The summed E-state index contributed by atoms with van der Waals surface area (Å²) < 4.78 is 12.8. The van der Waals surface area contributed by atoms with Crippen molar-refractivity contribution in [1.29, 1.82) is 0 Å². The molecule has 1 aliphatic rings. The van der Waals surface area contributed by atoms with Gasteiger partial charge >= 0.3 is 17.2 Å². The van der Waals surface area contributed by atoms with Gasteiger partial charge < -0.3 is 9.47 Å². The molecule has 1 amide bonds. The molecule has 0 fully saturated rings. The lowest BCUT2D eigenvalue weighted by atomic mass is 10.0. The lowest BCUT2D eigenvalue weighted by Gasteiger charge is -2.31. The third kappa shape index (κ3) is 4.61. The molecule has 1 aromatic heterocycles. The maximum absolute atomic E-state index is 13.3. The second-order valence-corrected chi connectivity index (χ2v) is 9.42. The Balaban J connectivity index is 2.03. The highest BCUT2D eigenvalue weighted by Gasteiger charge is 2.45. The first-order valence-electron chi connectivity index (χ1n) is 10.5. The van der Waals surface area contributed by atoms with Gasteiger partial charge in [0.15, 0.2) is 11.5 Å². The zero-order valence-corrected chi connectivity index (χ0v) is 21.6. The predicted octanol–water partition coefficient (Wildman–Crippen LogP) is 3.61. The number of fused-ring (bicyclic) bond motifs is 3. The largest absolute Gasteiger partial charge is 0.493 e. The Bertz CT molecular complexity index is 1410. The second-order valence-electron chi connectivity index (χ2n) is 7.56. The van der Waals surface area contributed by atoms with Crippen LogP contribution in [0, 0.1) is 0 Å². The van der Waals surface area contributed by atoms with Gasteiger partial charge in [0.1, 0.15) is 0 Å². The summed E-state index contributed by atoms with van der Waals surface area (Å²) in [6, 6.07) is 10.5. The van der Waals surface area contributed by atoms with Gasteiger partial charge in [0.2, 0.25) is 11.1 Å². The Kier molecular flexibility index (Phi) is 7.08. The van der Waals surface area contributed by atoms with Gasteiger partial charge in [-0.15, -0.1) is 6.58 Å². The van der Waals surface area contributed by atoms with Gasteiger partial charge in [0.05, 0.1) is 28.4 Å². The van der Waals surface area contributed by atoms with Gasteiger partial charge in [-0.2, -0.15) is 0 Å². The van der Waals surface area contributed by atoms with Crippen LogP contribution in [0.3, 0.4) is 0 Å². The van der Waals surface area contributed by atoms with E-state index in [1.807, 2.05) is 0 Å². The number of para-hydroxylation sites is 1. The highest BCUT2D eigenvalue weighted by molar-refractivity contribution is 9.10. The Labute approximate surface area is 213 Å². The van der Waals surface area contributed by atoms with E-state index in [-0.39, 0.29) is 23.0 Å². The molecule has 0 radical (unpaired) electrons. The van der Waals surface area contributed by atoms with Gasteiger partial charge in [-0.1, -0.05) is 30.0 Å². The monoisotopic (exact) mass is 557 g/mol. The van der Waals surface area contributed by atoms with Crippen LogP contribution in [0.4, 0.5) is 5.69 Å². The zero-order valence-electron chi connectivity index (χ0n) is 19.2. The van der Waals surface area contributed by atoms with Crippen molar-refractivity contribution in [3.8, 4) is 22.8 Å². The Morgan fingerprint density at radius 2 is 2.06 bits per heavy atom. The molecule has 1 N–H and O–H groups in total. The number of carbonyl (C=O) groups excluding carboxylic acids is 2. The van der Waals surface area contributed by atoms with Gasteiger partial charge in [0, 0.05) is 24.7 Å². The Hall–Kier alpha value is -3.44. The van der Waals surface area contributed by atoms with E-state index >= 15 is 0 Å². The lowest BCUT2D eigenvalue weighted by Crippen LogP contribution is -2.60. The molecule has 0 bridgehead atoms. The normalized spacial score (nSPS) is 14.1. The summed E-state index contributed by atoms with van der Waals surface area (Å²) in [7, 11) is 1.45. The van der Waals surface area contributed by atoms with E-state index in [9.17, 15) is 14.4 Å². The topological polar surface area (TPSA) is 105 Å². The Morgan fingerprint density at radius 1 is 1.31 bits per heavy atom. The molecule has 0 aliphatic carbocycles. The number of anilines is 1. The average molecular weight is 558 g/mol. The lowest BCUT2D eigenvalue weighted by molar-refractivity contribution is -0.763. The first kappa shape index (κ1) is 24.7. The molecule has 0 saturated carbocycles. The number of nitrogens with one attached hydrogen (secondary N) is 1. The third-order valence-electron chi connectivity index (χ3n) is 5.23. The summed E-state index contributed by atoms with van der Waals surface area (Å²) in [5.74, 6) is 0.268. The molecule has 11 heteroatoms. The fourth-order valence-corrected chi connectivity index (χ4v) is 5.07. The smallest absolute Gasteiger partial charge is 0.325 e. The van der Waals surface area contributed by atoms with Crippen molar-refractivity contribution in [2.24, 2.45) is 0 Å². The predicted molar refractivity (Wildman–Crippen MR) is 135 cm³/mol. The second kappa shape index (κ2) is 10.0. The van der Waals surface area contributed by atoms with Crippen LogP contribution in [0.2, 0.25) is 0 Å². The van der Waals surface area contributed by atoms with Crippen LogP contribution in [0.5, 0.6) is 11.5 Å². The highest BCUT2D eigenvalue weighted by atomic mass is 79.9. The van der Waals surface area contributed by atoms with Gasteiger partial charge in [-0.25, -0.2) is 4.90 Å². The number of nitrogens with zero attached hydrogens (tertiary/aromatic N) is 3. The number of thioether (sulfide) groups is 1. The number of benzene rings is 2. The van der Waals surface area contributed by atoms with Gasteiger partial charge in [-0.3, -0.25) is 19.4 Å². The number of aromatic nitrogens is 3. The number of hydrogen-bond donors (Lipinski definition) is 1. The molecule has 9 nitrogen and oxygen atoms in total. The molecule has 0 spiro atoms. The first-order valence-corrected chi connectivity index (χ1v) is 12.3. The molecule has 180 valence electrons. The van der Waals surface area contributed by atoms with Crippen LogP contribution in [-0.2, 0) is 9.59 Å². The number of methoxy groups -OCH3 is 1. The number of hydrogen-bond acceptors (Lipinski definition) is 7. The number of esters is 1. The van der Waals surface area contributed by atoms with Crippen molar-refractivity contribution in [3.05, 3.63) is 69.4 Å². The van der Waals surface area contributed by atoms with Crippen molar-refractivity contribution < 1.29 is 23.7 Å². The van der Waals surface area contributed by atoms with Crippen LogP contribution >= 0.6 is 27.7 Å². The molecule has 2 heterocycles. The van der Waals surface area contributed by atoms with E-state index in [4.69, 9.17) is 14.6 Å². The van der Waals surface area contributed by atoms with Crippen LogP contribution in [-0.4, -0.2) is 34.8 Å². The molecule has 3 aromatic rings. The molecule has 2 aromatic carbocycles. The summed E-state index contributed by atoms with van der Waals surface area (Å²) in [6.45, 7) is 6.46. The van der Waals surface area contributed by atoms with Gasteiger partial charge in [-0.05, 0) is 44.9 Å². The molecule has 4 rings (SSSR count). The van der Waals surface area contributed by atoms with E-state index < -0.39 is 12.1 Å². The minimum Gasteiger partial charge on any atom is -0.493 e. The minimum absolute atomic E-state index is 0.209. The number of rotatable bonds is 6. The maximum Gasteiger partial charge on any atom is 0.325 e. The van der Waals surface area contributed by atoms with Crippen molar-refractivity contribution in [3.63, 3.8) is 0 Å². The Morgan fingerprint density at radius 3 is 2.71 bits per heavy atom. The highest BCUT2D eigenvalue weighted by Crippen LogP contribution is 2.42. The van der Waals surface area contributed by atoms with Crippen molar-refractivity contribution in [2.75, 3.05) is 17.8 Å². The number of halogens is 1. The summed E-state index contributed by atoms with van der Waals surface area (Å²) >= 11 is 4.77. The summed E-state index contributed by atoms with van der Waals surface area (Å²) in [5.41, 5.74) is 1.71. The summed E-state index contributed by atoms with van der Waals surface area (Å²) in [6.07, 6.45) is 0.887. The van der Waals surface area contributed by atoms with Crippen LogP contribution < -0.4 is 24.6 Å². The number of carbonyl (C=O) groups is 2. The van der Waals surface area contributed by atoms with E-state index in [1.54, 1.807) is 52.1 Å². The maximum atomic E-state index is 13.3. The van der Waals surface area contributed by atoms with E-state index in [2.05, 4.69) is 27.5 Å². The van der Waals surface area contributed by atoms with Crippen LogP contribution in [0.15, 0.2) is 63.5 Å². The summed E-state index contributed by atoms with van der Waals surface area (Å²) in [4.78, 5) is 42.3. The first-order chi connectivity index (χ1) is 16.8. The fourth-order valence-electron chi connectivity index (χ4n) is 3.95. The molecule has 0 unspecified atom stereocenters. The number of aromatic amines is 1. The molecule has 35 heavy (non-hydrogen) atoms. The van der Waals surface area contributed by atoms with E-state index in [1.165, 1.54) is 32.7 Å². The number of amides is 1. The van der Waals surface area contributed by atoms with Crippen molar-refractivity contribution in [1.82, 2.24) is 10.1 Å². The fraction of sp³-hybridized carbons (Fsp3) is 0.208. The average Bonchev–Trinajstić information content (AvgIpc) is 2.82. The van der Waals surface area contributed by atoms with E-state index in [0.29, 0.717) is 37.9 Å². The third-order valence-corrected chi connectivity index (χ3v) is 6.68. The standard InChI is InChI=1S/C24H21BrN4O5S/c1-5-10-35-24-26-22(32)20-16-8-6-7-9-18(16)28(13(2)30)23(29(20)27-24)15-11-17(25)21(34-14(3)31)19(12-15)33-4/h5-9,11-12,23H,1,10H2,2-4H3/p+1/t23-/m1/s1. The molecule has 1 atom stereocenters. The molecule has 0 saturated heterocycles. The van der Waals surface area contributed by atoms with Crippen LogP contribution in [0.25, 0.3) is 11.3 Å². The minimum atomic E-state index is -0.820. The molecular formula is C24H22BrN4O5S+. The number of ether oxygens (including phenoxy) is 2. The van der Waals surface area contributed by atoms with Crippen molar-refractivity contribution >= 4 is 45.3 Å². The van der Waals surface area contributed by atoms with Gasteiger partial charge in [0.25, 0.3) is 6.17 Å². The van der Waals surface area contributed by atoms with E-state index in [0.717, 1.165) is 0 Å².